The van der Waals surface area contributed by atoms with Gasteiger partial charge >= 0.3 is 0 Å². The molecule has 0 amide bonds. The maximum absolute atomic E-state index is 4.85. The predicted molar refractivity (Wildman–Crippen MR) is 116 cm³/mol. The Morgan fingerprint density at radius 3 is 2.57 bits per heavy atom. The van der Waals surface area contributed by atoms with Crippen LogP contribution in [0.3, 0.4) is 0 Å². The molecule has 5 aromatic rings. The van der Waals surface area contributed by atoms with Crippen molar-refractivity contribution in [3.63, 3.8) is 0 Å². The first kappa shape index (κ1) is 17.9. The SMILES string of the molecule is Cc1cncc(-c2nc(NCc3ncccn3)c3c(-c4ccccc4)ccn3n2)c1. The van der Waals surface area contributed by atoms with Gasteiger partial charge in [-0.05, 0) is 36.2 Å². The number of aryl methyl sites for hydroxylation is 1. The number of pyridine rings is 1. The quantitative estimate of drug-likeness (QED) is 0.483. The van der Waals surface area contributed by atoms with Gasteiger partial charge in [-0.15, -0.1) is 5.10 Å². The Kier molecular flexibility index (Phi) is 4.61. The van der Waals surface area contributed by atoms with E-state index in [0.29, 0.717) is 18.2 Å². The monoisotopic (exact) mass is 393 g/mol. The van der Waals surface area contributed by atoms with Crippen LogP contribution < -0.4 is 5.32 Å². The highest BCUT2D eigenvalue weighted by atomic mass is 15.3. The number of nitrogens with one attached hydrogen (secondary N) is 1. The van der Waals surface area contributed by atoms with Crippen LogP contribution in [-0.4, -0.2) is 29.5 Å². The zero-order chi connectivity index (χ0) is 20.3. The molecule has 4 aromatic heterocycles. The van der Waals surface area contributed by atoms with Gasteiger partial charge in [0.15, 0.2) is 11.6 Å². The van der Waals surface area contributed by atoms with Crippen molar-refractivity contribution < 1.29 is 0 Å². The molecule has 0 aliphatic heterocycles. The second-order valence-corrected chi connectivity index (χ2v) is 6.94. The zero-order valence-corrected chi connectivity index (χ0v) is 16.4. The average molecular weight is 393 g/mol. The van der Waals surface area contributed by atoms with Crippen molar-refractivity contribution in [2.24, 2.45) is 0 Å². The molecule has 1 N–H and O–H groups in total. The van der Waals surface area contributed by atoms with E-state index in [1.807, 2.05) is 48.1 Å². The molecule has 146 valence electrons. The average Bonchev–Trinajstić information content (AvgIpc) is 3.23. The van der Waals surface area contributed by atoms with Crippen LogP contribution in [0.5, 0.6) is 0 Å². The number of nitrogens with zero attached hydrogens (tertiary/aromatic N) is 6. The van der Waals surface area contributed by atoms with Crippen molar-refractivity contribution in [1.29, 1.82) is 0 Å². The molecule has 0 aliphatic carbocycles. The van der Waals surface area contributed by atoms with E-state index >= 15 is 0 Å². The molecule has 7 heteroatoms. The Labute approximate surface area is 173 Å². The molecule has 1 aromatic carbocycles. The summed E-state index contributed by atoms with van der Waals surface area (Å²) in [4.78, 5) is 17.7. The summed E-state index contributed by atoms with van der Waals surface area (Å²) in [5.74, 6) is 2.02. The number of rotatable bonds is 5. The van der Waals surface area contributed by atoms with Gasteiger partial charge in [0.2, 0.25) is 0 Å². The van der Waals surface area contributed by atoms with E-state index in [1.54, 1.807) is 24.7 Å². The standard InChI is InChI=1S/C23H19N7/c1-16-12-18(14-24-13-16)22-28-23(27-15-20-25-9-5-10-26-20)21-19(8-11-30(21)29-22)17-6-3-2-4-7-17/h2-14H,15H2,1H3,(H,27,28,29). The lowest BCUT2D eigenvalue weighted by atomic mass is 10.1. The van der Waals surface area contributed by atoms with Crippen LogP contribution in [0, 0.1) is 6.92 Å². The summed E-state index contributed by atoms with van der Waals surface area (Å²) >= 11 is 0. The van der Waals surface area contributed by atoms with Gasteiger partial charge in [0.1, 0.15) is 11.3 Å². The van der Waals surface area contributed by atoms with E-state index in [4.69, 9.17) is 10.1 Å². The largest absolute Gasteiger partial charge is 0.361 e. The molecular weight excluding hydrogens is 374 g/mol. The molecule has 0 saturated carbocycles. The number of anilines is 1. The molecule has 0 bridgehead atoms. The Morgan fingerprint density at radius 2 is 1.77 bits per heavy atom. The molecule has 5 rings (SSSR count). The fraction of sp³-hybridized carbons (Fsp3) is 0.0870. The minimum absolute atomic E-state index is 0.457. The van der Waals surface area contributed by atoms with Crippen molar-refractivity contribution in [3.05, 3.63) is 90.9 Å². The molecule has 0 spiro atoms. The van der Waals surface area contributed by atoms with Gasteiger partial charge in [-0.1, -0.05) is 30.3 Å². The number of hydrogen-bond donors (Lipinski definition) is 1. The van der Waals surface area contributed by atoms with Gasteiger partial charge in [-0.2, -0.15) is 0 Å². The summed E-state index contributed by atoms with van der Waals surface area (Å²) in [6.45, 7) is 2.46. The summed E-state index contributed by atoms with van der Waals surface area (Å²) in [5, 5.41) is 8.15. The lowest BCUT2D eigenvalue weighted by Gasteiger charge is -2.11. The minimum Gasteiger partial charge on any atom is -0.361 e. The Bertz CT molecular complexity index is 1300. The molecule has 30 heavy (non-hydrogen) atoms. The van der Waals surface area contributed by atoms with Crippen LogP contribution in [0.25, 0.3) is 28.0 Å². The van der Waals surface area contributed by atoms with Crippen LogP contribution in [0.1, 0.15) is 11.4 Å². The van der Waals surface area contributed by atoms with E-state index < -0.39 is 0 Å². The summed E-state index contributed by atoms with van der Waals surface area (Å²) in [6.07, 6.45) is 9.01. The number of aromatic nitrogens is 6. The Morgan fingerprint density at radius 1 is 0.933 bits per heavy atom. The smallest absolute Gasteiger partial charge is 0.183 e. The fourth-order valence-electron chi connectivity index (χ4n) is 3.38. The van der Waals surface area contributed by atoms with E-state index in [-0.39, 0.29) is 0 Å². The first-order chi connectivity index (χ1) is 14.8. The minimum atomic E-state index is 0.457. The van der Waals surface area contributed by atoms with Gasteiger partial charge in [-0.3, -0.25) is 4.98 Å². The van der Waals surface area contributed by atoms with Gasteiger partial charge in [0.25, 0.3) is 0 Å². The zero-order valence-electron chi connectivity index (χ0n) is 16.4. The maximum Gasteiger partial charge on any atom is 0.183 e. The van der Waals surface area contributed by atoms with Crippen LogP contribution in [0.15, 0.2) is 79.5 Å². The van der Waals surface area contributed by atoms with Crippen LogP contribution in [-0.2, 0) is 6.54 Å². The number of hydrogen-bond acceptors (Lipinski definition) is 6. The predicted octanol–water partition coefficient (Wildman–Crippen LogP) is 4.17. The molecule has 0 aliphatic rings. The fourth-order valence-corrected chi connectivity index (χ4v) is 3.38. The van der Waals surface area contributed by atoms with E-state index in [9.17, 15) is 0 Å². The summed E-state index contributed by atoms with van der Waals surface area (Å²) < 4.78 is 1.86. The molecule has 0 saturated heterocycles. The third-order valence-electron chi connectivity index (χ3n) is 4.76. The van der Waals surface area contributed by atoms with Crippen LogP contribution in [0.2, 0.25) is 0 Å². The van der Waals surface area contributed by atoms with Crippen molar-refractivity contribution in [2.75, 3.05) is 5.32 Å². The number of fused-ring (bicyclic) bond motifs is 1. The lowest BCUT2D eigenvalue weighted by Crippen LogP contribution is -2.09. The second-order valence-electron chi connectivity index (χ2n) is 6.94. The lowest BCUT2D eigenvalue weighted by molar-refractivity contribution is 0.895. The normalized spacial score (nSPS) is 11.0. The van der Waals surface area contributed by atoms with E-state index in [0.717, 1.165) is 33.6 Å². The maximum atomic E-state index is 4.85. The van der Waals surface area contributed by atoms with Crippen LogP contribution >= 0.6 is 0 Å². The highest BCUT2D eigenvalue weighted by Gasteiger charge is 2.15. The molecule has 0 unspecified atom stereocenters. The van der Waals surface area contributed by atoms with Gasteiger partial charge in [0, 0.05) is 42.1 Å². The highest BCUT2D eigenvalue weighted by molar-refractivity contribution is 5.89. The summed E-state index contributed by atoms with van der Waals surface area (Å²) in [5.41, 5.74) is 4.99. The molecular formula is C23H19N7. The van der Waals surface area contributed by atoms with Gasteiger partial charge in [-0.25, -0.2) is 19.5 Å². The molecule has 0 fully saturated rings. The first-order valence-electron chi connectivity index (χ1n) is 9.64. The Balaban J connectivity index is 1.65. The topological polar surface area (TPSA) is 80.9 Å². The van der Waals surface area contributed by atoms with Gasteiger partial charge in [0.05, 0.1) is 6.54 Å². The van der Waals surface area contributed by atoms with Crippen LogP contribution in [0.4, 0.5) is 5.82 Å². The molecule has 0 atom stereocenters. The molecule has 0 radical (unpaired) electrons. The van der Waals surface area contributed by atoms with Crippen molar-refractivity contribution >= 4 is 11.3 Å². The highest BCUT2D eigenvalue weighted by Crippen LogP contribution is 2.31. The van der Waals surface area contributed by atoms with Crippen molar-refractivity contribution in [1.82, 2.24) is 29.5 Å². The Hall–Kier alpha value is -4.13. The molecule has 4 heterocycles. The third kappa shape index (κ3) is 3.48. The molecule has 7 nitrogen and oxygen atoms in total. The van der Waals surface area contributed by atoms with Gasteiger partial charge < -0.3 is 5.32 Å². The third-order valence-corrected chi connectivity index (χ3v) is 4.76. The summed E-state index contributed by atoms with van der Waals surface area (Å²) in [7, 11) is 0. The summed E-state index contributed by atoms with van der Waals surface area (Å²) in [6, 6.07) is 16.1. The van der Waals surface area contributed by atoms with E-state index in [2.05, 4.69) is 38.5 Å². The number of benzene rings is 1. The van der Waals surface area contributed by atoms with Crippen molar-refractivity contribution in [2.45, 2.75) is 13.5 Å². The first-order valence-corrected chi connectivity index (χ1v) is 9.64. The van der Waals surface area contributed by atoms with E-state index in [1.165, 1.54) is 0 Å². The van der Waals surface area contributed by atoms with Crippen molar-refractivity contribution in [3.8, 4) is 22.5 Å². The second kappa shape index (κ2) is 7.71.